The predicted molar refractivity (Wildman–Crippen MR) is 84.6 cm³/mol. The number of para-hydroxylation sites is 1. The monoisotopic (exact) mass is 283 g/mol. The Kier molecular flexibility index (Phi) is 3.78. The number of nitrogens with two attached hydrogens (primary N) is 1. The van der Waals surface area contributed by atoms with Crippen LogP contribution in [0.3, 0.4) is 0 Å². The van der Waals surface area contributed by atoms with Gasteiger partial charge >= 0.3 is 0 Å². The third-order valence-electron chi connectivity index (χ3n) is 3.44. The Morgan fingerprint density at radius 2 is 2.10 bits per heavy atom. The average molecular weight is 283 g/mol. The first kappa shape index (κ1) is 13.2. The number of benzene rings is 1. The first-order chi connectivity index (χ1) is 9.78. The highest BCUT2D eigenvalue weighted by Crippen LogP contribution is 2.27. The second-order valence-corrected chi connectivity index (χ2v) is 5.90. The van der Waals surface area contributed by atoms with E-state index in [1.807, 2.05) is 25.1 Å². The lowest BCUT2D eigenvalue weighted by Crippen LogP contribution is -2.29. The maximum Gasteiger partial charge on any atom is 0.0708 e. The van der Waals surface area contributed by atoms with Crippen LogP contribution in [0.25, 0.3) is 10.9 Å². The maximum absolute atomic E-state index is 5.80. The summed E-state index contributed by atoms with van der Waals surface area (Å²) in [4.78, 5) is 5.91. The highest BCUT2D eigenvalue weighted by molar-refractivity contribution is 7.09. The molecule has 3 rings (SSSR count). The molecule has 1 unspecified atom stereocenters. The number of nitrogens with zero attached hydrogens (tertiary/aromatic N) is 1. The van der Waals surface area contributed by atoms with Crippen LogP contribution in [0.2, 0.25) is 0 Å². The number of hydrazine groups is 1. The molecule has 4 heteroatoms. The van der Waals surface area contributed by atoms with E-state index in [0.29, 0.717) is 0 Å². The molecule has 0 aliphatic carbocycles. The lowest BCUT2D eigenvalue weighted by atomic mass is 9.98. The molecule has 0 saturated heterocycles. The van der Waals surface area contributed by atoms with Crippen LogP contribution in [0, 0.1) is 6.92 Å². The lowest BCUT2D eigenvalue weighted by Gasteiger charge is -2.18. The summed E-state index contributed by atoms with van der Waals surface area (Å²) in [5.74, 6) is 5.80. The predicted octanol–water partition coefficient (Wildman–Crippen LogP) is 3.35. The van der Waals surface area contributed by atoms with Crippen LogP contribution < -0.4 is 11.3 Å². The molecule has 3 aromatic rings. The molecule has 2 aromatic heterocycles. The first-order valence-corrected chi connectivity index (χ1v) is 7.50. The average Bonchev–Trinajstić information content (AvgIpc) is 2.97. The minimum atomic E-state index is 0.0975. The van der Waals surface area contributed by atoms with Crippen LogP contribution in [0.15, 0.2) is 47.8 Å². The van der Waals surface area contributed by atoms with Gasteiger partial charge in [-0.15, -0.1) is 11.3 Å². The molecular formula is C16H17N3S. The van der Waals surface area contributed by atoms with Crippen molar-refractivity contribution in [2.24, 2.45) is 5.84 Å². The van der Waals surface area contributed by atoms with Gasteiger partial charge in [0.25, 0.3) is 0 Å². The normalized spacial score (nSPS) is 12.7. The van der Waals surface area contributed by atoms with Crippen molar-refractivity contribution >= 4 is 22.2 Å². The molecule has 0 saturated carbocycles. The maximum atomic E-state index is 5.80. The molecule has 0 amide bonds. The zero-order chi connectivity index (χ0) is 13.9. The SMILES string of the molecule is Cc1cc(C(Cc2cccs2)NN)c2ccccc2n1. The van der Waals surface area contributed by atoms with Crippen molar-refractivity contribution in [2.45, 2.75) is 19.4 Å². The molecule has 3 nitrogen and oxygen atoms in total. The van der Waals surface area contributed by atoms with Crippen molar-refractivity contribution in [3.05, 3.63) is 64.0 Å². The van der Waals surface area contributed by atoms with E-state index in [-0.39, 0.29) is 6.04 Å². The van der Waals surface area contributed by atoms with Crippen molar-refractivity contribution in [2.75, 3.05) is 0 Å². The molecule has 0 radical (unpaired) electrons. The van der Waals surface area contributed by atoms with Crippen molar-refractivity contribution in [1.82, 2.24) is 10.4 Å². The number of nitrogens with one attached hydrogen (secondary N) is 1. The van der Waals surface area contributed by atoms with E-state index in [2.05, 4.69) is 40.1 Å². The lowest BCUT2D eigenvalue weighted by molar-refractivity contribution is 0.558. The Hall–Kier alpha value is -1.75. The second kappa shape index (κ2) is 5.71. The smallest absolute Gasteiger partial charge is 0.0708 e. The molecule has 102 valence electrons. The Labute approximate surface area is 122 Å². The number of hydrogen-bond donors (Lipinski definition) is 2. The van der Waals surface area contributed by atoms with Crippen LogP contribution in [0.4, 0.5) is 0 Å². The van der Waals surface area contributed by atoms with Gasteiger partial charge in [-0.05, 0) is 36.1 Å². The number of pyridine rings is 1. The Morgan fingerprint density at radius 1 is 1.25 bits per heavy atom. The molecule has 1 atom stereocenters. The van der Waals surface area contributed by atoms with Gasteiger partial charge < -0.3 is 0 Å². The van der Waals surface area contributed by atoms with Gasteiger partial charge in [0.05, 0.1) is 11.6 Å². The standard InChI is InChI=1S/C16H17N3S/c1-11-9-14(13-6-2-3-7-15(13)18-11)16(19-17)10-12-5-4-8-20-12/h2-9,16,19H,10,17H2,1H3. The fourth-order valence-electron chi connectivity index (χ4n) is 2.52. The van der Waals surface area contributed by atoms with Gasteiger partial charge in [0, 0.05) is 22.4 Å². The Balaban J connectivity index is 2.06. The zero-order valence-electron chi connectivity index (χ0n) is 11.3. The quantitative estimate of drug-likeness (QED) is 0.570. The molecule has 0 bridgehead atoms. The second-order valence-electron chi connectivity index (χ2n) is 4.87. The Morgan fingerprint density at radius 3 is 2.85 bits per heavy atom. The van der Waals surface area contributed by atoms with Crippen LogP contribution in [-0.4, -0.2) is 4.98 Å². The van der Waals surface area contributed by atoms with Gasteiger partial charge in [-0.3, -0.25) is 16.3 Å². The van der Waals surface area contributed by atoms with Crippen LogP contribution in [0.5, 0.6) is 0 Å². The number of thiophene rings is 1. The first-order valence-electron chi connectivity index (χ1n) is 6.62. The van der Waals surface area contributed by atoms with Gasteiger partial charge in [0.15, 0.2) is 0 Å². The summed E-state index contributed by atoms with van der Waals surface area (Å²) < 4.78 is 0. The van der Waals surface area contributed by atoms with Crippen LogP contribution in [-0.2, 0) is 6.42 Å². The van der Waals surface area contributed by atoms with Gasteiger partial charge in [-0.2, -0.15) is 0 Å². The van der Waals surface area contributed by atoms with Crippen LogP contribution in [0.1, 0.15) is 22.2 Å². The molecule has 3 N–H and O–H groups in total. The van der Waals surface area contributed by atoms with Gasteiger partial charge in [0.1, 0.15) is 0 Å². The van der Waals surface area contributed by atoms with E-state index in [9.17, 15) is 0 Å². The van der Waals surface area contributed by atoms with Gasteiger partial charge in [0.2, 0.25) is 0 Å². The van der Waals surface area contributed by atoms with Gasteiger partial charge in [-0.1, -0.05) is 24.3 Å². The molecule has 0 aliphatic heterocycles. The summed E-state index contributed by atoms with van der Waals surface area (Å²) in [6.07, 6.45) is 0.890. The third kappa shape index (κ3) is 2.58. The fourth-order valence-corrected chi connectivity index (χ4v) is 3.27. The summed E-state index contributed by atoms with van der Waals surface area (Å²) in [6, 6.07) is 14.7. The van der Waals surface area contributed by atoms with E-state index in [1.54, 1.807) is 11.3 Å². The van der Waals surface area contributed by atoms with Crippen molar-refractivity contribution in [3.63, 3.8) is 0 Å². The summed E-state index contributed by atoms with van der Waals surface area (Å²) in [5, 5.41) is 3.26. The molecule has 1 aromatic carbocycles. The number of hydrogen-bond acceptors (Lipinski definition) is 4. The van der Waals surface area contributed by atoms with Crippen molar-refractivity contribution < 1.29 is 0 Å². The van der Waals surface area contributed by atoms with Crippen LogP contribution >= 0.6 is 11.3 Å². The summed E-state index contributed by atoms with van der Waals surface area (Å²) in [7, 11) is 0. The molecular weight excluding hydrogens is 266 g/mol. The minimum Gasteiger partial charge on any atom is -0.271 e. The molecule has 2 heterocycles. The highest BCUT2D eigenvalue weighted by Gasteiger charge is 2.15. The Bertz CT molecular complexity index is 707. The van der Waals surface area contributed by atoms with Gasteiger partial charge in [-0.25, -0.2) is 0 Å². The summed E-state index contributed by atoms with van der Waals surface area (Å²) >= 11 is 1.76. The van der Waals surface area contributed by atoms with Crippen molar-refractivity contribution in [3.8, 4) is 0 Å². The summed E-state index contributed by atoms with van der Waals surface area (Å²) in [5.41, 5.74) is 6.21. The molecule has 20 heavy (non-hydrogen) atoms. The zero-order valence-corrected chi connectivity index (χ0v) is 12.2. The van der Waals surface area contributed by atoms with E-state index < -0.39 is 0 Å². The summed E-state index contributed by atoms with van der Waals surface area (Å²) in [6.45, 7) is 2.02. The highest BCUT2D eigenvalue weighted by atomic mass is 32.1. The number of fused-ring (bicyclic) bond motifs is 1. The largest absolute Gasteiger partial charge is 0.271 e. The molecule has 0 aliphatic rings. The topological polar surface area (TPSA) is 50.9 Å². The van der Waals surface area contributed by atoms with Crippen molar-refractivity contribution in [1.29, 1.82) is 0 Å². The third-order valence-corrected chi connectivity index (χ3v) is 4.34. The number of rotatable bonds is 4. The molecule has 0 fully saturated rings. The molecule has 0 spiro atoms. The van der Waals surface area contributed by atoms with E-state index in [0.717, 1.165) is 23.0 Å². The number of aryl methyl sites for hydroxylation is 1. The number of aromatic nitrogens is 1. The fraction of sp³-hybridized carbons (Fsp3) is 0.188. The van der Waals surface area contributed by atoms with E-state index in [4.69, 9.17) is 5.84 Å². The van der Waals surface area contributed by atoms with E-state index >= 15 is 0 Å². The minimum absolute atomic E-state index is 0.0975. The van der Waals surface area contributed by atoms with E-state index in [1.165, 1.54) is 10.4 Å².